The van der Waals surface area contributed by atoms with Crippen molar-refractivity contribution in [2.75, 3.05) is 7.11 Å². The van der Waals surface area contributed by atoms with Crippen molar-refractivity contribution in [1.82, 2.24) is 9.97 Å². The summed E-state index contributed by atoms with van der Waals surface area (Å²) in [6, 6.07) is 0.764. The van der Waals surface area contributed by atoms with E-state index < -0.39 is 17.8 Å². The number of hydrogen-bond acceptors (Lipinski definition) is 4. The highest BCUT2D eigenvalue weighted by Crippen LogP contribution is 2.26. The van der Waals surface area contributed by atoms with Gasteiger partial charge in [-0.05, 0) is 12.0 Å². The van der Waals surface area contributed by atoms with Gasteiger partial charge in [0.15, 0.2) is 0 Å². The maximum absolute atomic E-state index is 12.3. The van der Waals surface area contributed by atoms with Gasteiger partial charge in [-0.25, -0.2) is 9.97 Å². The molecule has 0 spiro atoms. The normalized spacial score (nSPS) is 10.4. The van der Waals surface area contributed by atoms with Gasteiger partial charge in [0.25, 0.3) is 0 Å². The molecule has 0 N–H and O–H groups in total. The van der Waals surface area contributed by atoms with Gasteiger partial charge in [0, 0.05) is 12.6 Å². The molecule has 4 nitrogen and oxygen atoms in total. The van der Waals surface area contributed by atoms with Crippen molar-refractivity contribution in [2.24, 2.45) is 0 Å². The van der Waals surface area contributed by atoms with Crippen molar-refractivity contribution >= 4 is 5.97 Å². The monoisotopic (exact) mass is 258 g/mol. The van der Waals surface area contributed by atoms with E-state index in [1.54, 1.807) is 0 Å². The zero-order valence-electron chi connectivity index (χ0n) is 9.41. The summed E-state index contributed by atoms with van der Waals surface area (Å²) in [6.45, 7) is 0. The Kier molecular flexibility index (Phi) is 4.66. The topological polar surface area (TPSA) is 52.1 Å². The molecule has 0 radical (unpaired) electrons. The highest BCUT2D eigenvalue weighted by atomic mass is 19.4. The molecule has 0 saturated heterocycles. The van der Waals surface area contributed by atoms with Crippen LogP contribution in [0.3, 0.4) is 0 Å². The number of methoxy groups -OCH3 is 1. The van der Waals surface area contributed by atoms with Crippen LogP contribution < -0.4 is 0 Å². The molecule has 0 atom stereocenters. The number of carbonyl (C=O) groups is 1. The number of esters is 1. The van der Waals surface area contributed by atoms with E-state index in [-0.39, 0.29) is 18.7 Å². The average molecular weight is 258 g/mol. The van der Waals surface area contributed by atoms with Gasteiger partial charge < -0.3 is 4.74 Å². The molecule has 18 heavy (non-hydrogen) atoms. The third-order valence-corrected chi connectivity index (χ3v) is 1.83. The number of ether oxygens (including phenoxy) is 1. The van der Waals surface area contributed by atoms with E-state index in [9.17, 15) is 18.0 Å². The minimum absolute atomic E-state index is 0.0719. The fraction of sp³-hybridized carbons (Fsp3) is 0.364. The minimum atomic E-state index is -4.52. The van der Waals surface area contributed by atoms with Crippen LogP contribution >= 0.6 is 0 Å². The molecule has 96 valence electrons. The second-order valence-electron chi connectivity index (χ2n) is 3.14. The van der Waals surface area contributed by atoms with E-state index in [1.165, 1.54) is 7.11 Å². The molecule has 0 aliphatic rings. The summed E-state index contributed by atoms with van der Waals surface area (Å²) in [5.74, 6) is 4.20. The lowest BCUT2D eigenvalue weighted by molar-refractivity contribution is -0.141. The fourth-order valence-electron chi connectivity index (χ4n) is 0.985. The highest BCUT2D eigenvalue weighted by molar-refractivity contribution is 5.69. The number of halogens is 3. The Labute approximate surface area is 101 Å². The molecular weight excluding hydrogens is 249 g/mol. The summed E-state index contributed by atoms with van der Waals surface area (Å²) in [6.07, 6.45) is -3.29. The lowest BCUT2D eigenvalue weighted by Gasteiger charge is -2.03. The average Bonchev–Trinajstić information content (AvgIpc) is 2.33. The van der Waals surface area contributed by atoms with Crippen molar-refractivity contribution < 1.29 is 22.7 Å². The van der Waals surface area contributed by atoms with Gasteiger partial charge in [-0.15, -0.1) is 0 Å². The minimum Gasteiger partial charge on any atom is -0.469 e. The predicted octanol–water partition coefficient (Wildman–Crippen LogP) is 1.80. The van der Waals surface area contributed by atoms with Gasteiger partial charge in [0.2, 0.25) is 5.82 Å². The van der Waals surface area contributed by atoms with E-state index in [0.29, 0.717) is 0 Å². The van der Waals surface area contributed by atoms with Crippen LogP contribution in [0, 0.1) is 11.8 Å². The summed E-state index contributed by atoms with van der Waals surface area (Å²) >= 11 is 0. The van der Waals surface area contributed by atoms with Crippen molar-refractivity contribution in [3.63, 3.8) is 0 Å². The Morgan fingerprint density at radius 3 is 2.83 bits per heavy atom. The molecule has 0 amide bonds. The first-order valence-corrected chi connectivity index (χ1v) is 4.89. The first kappa shape index (κ1) is 14.0. The summed E-state index contributed by atoms with van der Waals surface area (Å²) in [5.41, 5.74) is -1.05. The van der Waals surface area contributed by atoms with Crippen LogP contribution in [0.5, 0.6) is 0 Å². The molecule has 0 unspecified atom stereocenters. The number of hydrogen-bond donors (Lipinski definition) is 0. The summed E-state index contributed by atoms with van der Waals surface area (Å²) in [7, 11) is 1.24. The van der Waals surface area contributed by atoms with Crippen LogP contribution in [0.2, 0.25) is 0 Å². The Bertz CT molecular complexity index is 489. The molecule has 1 aromatic heterocycles. The van der Waals surface area contributed by atoms with Gasteiger partial charge in [0.1, 0.15) is 5.69 Å². The van der Waals surface area contributed by atoms with Crippen LogP contribution in [0.15, 0.2) is 12.3 Å². The lowest BCUT2D eigenvalue weighted by atomic mass is 10.3. The number of carbonyl (C=O) groups excluding carboxylic acids is 1. The van der Waals surface area contributed by atoms with E-state index in [0.717, 1.165) is 12.3 Å². The van der Waals surface area contributed by atoms with Crippen molar-refractivity contribution in [1.29, 1.82) is 0 Å². The van der Waals surface area contributed by atoms with E-state index in [2.05, 4.69) is 26.5 Å². The van der Waals surface area contributed by atoms with Crippen molar-refractivity contribution in [3.8, 4) is 11.8 Å². The predicted molar refractivity (Wildman–Crippen MR) is 55.2 cm³/mol. The second kappa shape index (κ2) is 6.00. The molecule has 1 rings (SSSR count). The molecular formula is C11H9F3N2O2. The number of aromatic nitrogens is 2. The summed E-state index contributed by atoms with van der Waals surface area (Å²) in [4.78, 5) is 17.6. The zero-order chi connectivity index (χ0) is 13.6. The first-order chi connectivity index (χ1) is 8.43. The first-order valence-electron chi connectivity index (χ1n) is 4.89. The Morgan fingerprint density at radius 2 is 2.22 bits per heavy atom. The molecule has 1 aromatic rings. The number of nitrogens with zero attached hydrogens (tertiary/aromatic N) is 2. The number of rotatable bonds is 2. The third kappa shape index (κ3) is 4.41. The largest absolute Gasteiger partial charge is 0.469 e. The molecule has 0 saturated carbocycles. The standard InChI is InChI=1S/C11H9F3N2O2/c1-18-10(17)5-3-2-4-9-15-7-6-8(16-9)11(12,13)14/h6-7H,3,5H2,1H3. The molecule has 1 heterocycles. The maximum atomic E-state index is 12.3. The number of alkyl halides is 3. The highest BCUT2D eigenvalue weighted by Gasteiger charge is 2.32. The second-order valence-corrected chi connectivity index (χ2v) is 3.14. The van der Waals surface area contributed by atoms with Gasteiger partial charge in [-0.3, -0.25) is 4.79 Å². The van der Waals surface area contributed by atoms with Crippen LogP contribution in [-0.2, 0) is 15.7 Å². The smallest absolute Gasteiger partial charge is 0.433 e. The summed E-state index contributed by atoms with van der Waals surface area (Å²) in [5, 5.41) is 0. The maximum Gasteiger partial charge on any atom is 0.433 e. The molecule has 0 aromatic carbocycles. The van der Waals surface area contributed by atoms with Crippen LogP contribution in [0.1, 0.15) is 24.4 Å². The van der Waals surface area contributed by atoms with Gasteiger partial charge in [0.05, 0.1) is 13.5 Å². The Balaban J connectivity index is 2.69. The molecule has 0 fully saturated rings. The molecule has 7 heteroatoms. The van der Waals surface area contributed by atoms with Crippen molar-refractivity contribution in [2.45, 2.75) is 19.0 Å². The van der Waals surface area contributed by atoms with Crippen LogP contribution in [0.4, 0.5) is 13.2 Å². The van der Waals surface area contributed by atoms with E-state index in [1.807, 2.05) is 0 Å². The molecule has 0 aliphatic carbocycles. The van der Waals surface area contributed by atoms with Crippen molar-refractivity contribution in [3.05, 3.63) is 23.8 Å². The fourth-order valence-corrected chi connectivity index (χ4v) is 0.985. The SMILES string of the molecule is COC(=O)CCC#Cc1nccc(C(F)(F)F)n1. The van der Waals surface area contributed by atoms with E-state index >= 15 is 0 Å². The Hall–Kier alpha value is -2.10. The van der Waals surface area contributed by atoms with Gasteiger partial charge >= 0.3 is 12.1 Å². The third-order valence-electron chi connectivity index (χ3n) is 1.83. The quantitative estimate of drug-likeness (QED) is 0.599. The summed E-state index contributed by atoms with van der Waals surface area (Å²) < 4.78 is 41.3. The lowest BCUT2D eigenvalue weighted by Crippen LogP contribution is -2.09. The van der Waals surface area contributed by atoms with Gasteiger partial charge in [-0.1, -0.05) is 5.92 Å². The Morgan fingerprint density at radius 1 is 1.50 bits per heavy atom. The van der Waals surface area contributed by atoms with Crippen LogP contribution in [-0.4, -0.2) is 23.0 Å². The molecule has 0 aliphatic heterocycles. The zero-order valence-corrected chi connectivity index (χ0v) is 9.41. The van der Waals surface area contributed by atoms with E-state index in [4.69, 9.17) is 0 Å². The van der Waals surface area contributed by atoms with Gasteiger partial charge in [-0.2, -0.15) is 13.2 Å². The van der Waals surface area contributed by atoms with Crippen LogP contribution in [0.25, 0.3) is 0 Å². The molecule has 0 bridgehead atoms.